The minimum Gasteiger partial charge on any atom is -0.495 e. The van der Waals surface area contributed by atoms with E-state index in [1.807, 2.05) is 66.6 Å². The quantitative estimate of drug-likeness (QED) is 0.376. The Kier molecular flexibility index (Phi) is 7.26. The second-order valence-corrected chi connectivity index (χ2v) is 9.57. The van der Waals surface area contributed by atoms with Crippen molar-refractivity contribution in [3.63, 3.8) is 0 Å². The smallest absolute Gasteiger partial charge is 0.253 e. The number of imidazole rings is 1. The molecule has 1 N–H and O–H groups in total. The third-order valence-electron chi connectivity index (χ3n) is 6.80. The van der Waals surface area contributed by atoms with Crippen LogP contribution in [0.5, 0.6) is 5.75 Å². The molecule has 9 heteroatoms. The number of nitrogens with one attached hydrogen (secondary N) is 1. The lowest BCUT2D eigenvalue weighted by molar-refractivity contribution is 0.0746. The topological polar surface area (TPSA) is 88.4 Å². The van der Waals surface area contributed by atoms with Crippen molar-refractivity contribution in [1.29, 1.82) is 0 Å². The lowest BCUT2D eigenvalue weighted by Gasteiger charge is -2.36. The number of rotatable bonds is 7. The molecule has 1 saturated heterocycles. The Morgan fingerprint density at radius 2 is 1.71 bits per heavy atom. The zero-order valence-electron chi connectivity index (χ0n) is 22.3. The molecule has 38 heavy (non-hydrogen) atoms. The van der Waals surface area contributed by atoms with Gasteiger partial charge in [-0.3, -0.25) is 4.79 Å². The third-order valence-corrected chi connectivity index (χ3v) is 6.80. The van der Waals surface area contributed by atoms with E-state index < -0.39 is 0 Å². The van der Waals surface area contributed by atoms with Crippen LogP contribution in [0.25, 0.3) is 11.4 Å². The number of hydrogen-bond donors (Lipinski definition) is 1. The van der Waals surface area contributed by atoms with E-state index in [1.165, 1.54) is 0 Å². The maximum atomic E-state index is 13.2. The molecule has 0 bridgehead atoms. The summed E-state index contributed by atoms with van der Waals surface area (Å²) < 4.78 is 7.65. The van der Waals surface area contributed by atoms with Gasteiger partial charge in [0.15, 0.2) is 0 Å². The zero-order valence-corrected chi connectivity index (χ0v) is 22.3. The van der Waals surface area contributed by atoms with Gasteiger partial charge in [-0.05, 0) is 63.2 Å². The summed E-state index contributed by atoms with van der Waals surface area (Å²) in [6.45, 7) is 9.08. The molecule has 196 valence electrons. The fourth-order valence-electron chi connectivity index (χ4n) is 4.91. The van der Waals surface area contributed by atoms with E-state index in [9.17, 15) is 4.79 Å². The largest absolute Gasteiger partial charge is 0.495 e. The van der Waals surface area contributed by atoms with Crippen LogP contribution in [-0.2, 0) is 0 Å². The Bertz CT molecular complexity index is 1410. The number of carbonyl (C=O) groups excluding carboxylic acids is 1. The SMILES string of the molecule is COc1ccccc1N1CCN(C(=O)c2ccc(Nc3nccc(-c4cnc(C)n4C(C)C)n3)cc2)CC1. The maximum Gasteiger partial charge on any atom is 0.253 e. The van der Waals surface area contributed by atoms with E-state index in [0.29, 0.717) is 24.6 Å². The summed E-state index contributed by atoms with van der Waals surface area (Å²) in [5, 5.41) is 3.25. The summed E-state index contributed by atoms with van der Waals surface area (Å²) in [4.78, 5) is 30.9. The van der Waals surface area contributed by atoms with Gasteiger partial charge >= 0.3 is 0 Å². The fraction of sp³-hybridized carbons (Fsp3) is 0.310. The number of hydrogen-bond acceptors (Lipinski definition) is 7. The molecule has 3 heterocycles. The highest BCUT2D eigenvalue weighted by Gasteiger charge is 2.23. The van der Waals surface area contributed by atoms with Gasteiger partial charge in [0, 0.05) is 49.7 Å². The van der Waals surface area contributed by atoms with E-state index in [0.717, 1.165) is 47.4 Å². The van der Waals surface area contributed by atoms with Crippen molar-refractivity contribution < 1.29 is 9.53 Å². The van der Waals surface area contributed by atoms with Crippen molar-refractivity contribution >= 4 is 23.2 Å². The fourth-order valence-corrected chi connectivity index (χ4v) is 4.91. The van der Waals surface area contributed by atoms with Gasteiger partial charge in [0.05, 0.1) is 30.4 Å². The summed E-state index contributed by atoms with van der Waals surface area (Å²) in [7, 11) is 1.68. The molecule has 2 aromatic carbocycles. The molecule has 1 amide bonds. The zero-order chi connectivity index (χ0) is 26.6. The Labute approximate surface area is 223 Å². The number of carbonyl (C=O) groups is 1. The molecule has 1 aliphatic heterocycles. The van der Waals surface area contributed by atoms with Crippen LogP contribution in [0.3, 0.4) is 0 Å². The minimum atomic E-state index is 0.0341. The average molecular weight is 512 g/mol. The molecule has 0 spiro atoms. The summed E-state index contributed by atoms with van der Waals surface area (Å²) >= 11 is 0. The number of nitrogens with zero attached hydrogens (tertiary/aromatic N) is 6. The Balaban J connectivity index is 1.23. The second kappa shape index (κ2) is 10.9. The average Bonchev–Trinajstić information content (AvgIpc) is 3.35. The van der Waals surface area contributed by atoms with Crippen molar-refractivity contribution in [2.24, 2.45) is 0 Å². The molecule has 0 unspecified atom stereocenters. The lowest BCUT2D eigenvalue weighted by Crippen LogP contribution is -2.48. The molecular formula is C29H33N7O2. The van der Waals surface area contributed by atoms with E-state index in [2.05, 4.69) is 44.7 Å². The van der Waals surface area contributed by atoms with E-state index in [4.69, 9.17) is 9.72 Å². The van der Waals surface area contributed by atoms with Crippen molar-refractivity contribution in [2.75, 3.05) is 43.5 Å². The number of ether oxygens (including phenoxy) is 1. The summed E-state index contributed by atoms with van der Waals surface area (Å²) in [6, 6.07) is 17.6. The monoisotopic (exact) mass is 511 g/mol. The molecule has 0 aliphatic carbocycles. The predicted molar refractivity (Wildman–Crippen MR) is 149 cm³/mol. The Morgan fingerprint density at radius 1 is 0.974 bits per heavy atom. The number of para-hydroxylation sites is 2. The van der Waals surface area contributed by atoms with Gasteiger partial charge in [0.2, 0.25) is 5.95 Å². The van der Waals surface area contributed by atoms with Gasteiger partial charge in [0.1, 0.15) is 11.6 Å². The van der Waals surface area contributed by atoms with Crippen molar-refractivity contribution in [2.45, 2.75) is 26.8 Å². The summed E-state index contributed by atoms with van der Waals surface area (Å²) in [6.07, 6.45) is 3.58. The lowest BCUT2D eigenvalue weighted by atomic mass is 10.1. The van der Waals surface area contributed by atoms with Gasteiger partial charge in [-0.25, -0.2) is 15.0 Å². The van der Waals surface area contributed by atoms with Gasteiger partial charge in [-0.15, -0.1) is 0 Å². The van der Waals surface area contributed by atoms with Crippen molar-refractivity contribution in [1.82, 2.24) is 24.4 Å². The number of methoxy groups -OCH3 is 1. The molecular weight excluding hydrogens is 478 g/mol. The second-order valence-electron chi connectivity index (χ2n) is 9.57. The summed E-state index contributed by atoms with van der Waals surface area (Å²) in [5.74, 6) is 2.32. The first-order valence-electron chi connectivity index (χ1n) is 12.9. The van der Waals surface area contributed by atoms with E-state index in [1.54, 1.807) is 13.3 Å². The van der Waals surface area contributed by atoms with E-state index >= 15 is 0 Å². The van der Waals surface area contributed by atoms with Crippen LogP contribution in [0.1, 0.15) is 36.1 Å². The number of piperazine rings is 1. The number of aromatic nitrogens is 4. The molecule has 4 aromatic rings. The first-order valence-corrected chi connectivity index (χ1v) is 12.9. The van der Waals surface area contributed by atoms with Gasteiger partial charge < -0.3 is 24.4 Å². The highest BCUT2D eigenvalue weighted by atomic mass is 16.5. The third kappa shape index (κ3) is 5.18. The van der Waals surface area contributed by atoms with Crippen LogP contribution < -0.4 is 15.0 Å². The molecule has 5 rings (SSSR count). The van der Waals surface area contributed by atoms with Crippen LogP contribution in [-0.4, -0.2) is 63.6 Å². The van der Waals surface area contributed by atoms with Crippen LogP contribution >= 0.6 is 0 Å². The molecule has 0 radical (unpaired) electrons. The maximum absolute atomic E-state index is 13.2. The van der Waals surface area contributed by atoms with Crippen molar-refractivity contribution in [3.8, 4) is 17.1 Å². The number of amides is 1. The minimum absolute atomic E-state index is 0.0341. The van der Waals surface area contributed by atoms with Gasteiger partial charge in [0.25, 0.3) is 5.91 Å². The molecule has 0 atom stereocenters. The van der Waals surface area contributed by atoms with Crippen LogP contribution in [0, 0.1) is 6.92 Å². The van der Waals surface area contributed by atoms with Crippen LogP contribution in [0.15, 0.2) is 67.0 Å². The normalized spacial score (nSPS) is 13.6. The van der Waals surface area contributed by atoms with Gasteiger partial charge in [-0.1, -0.05) is 12.1 Å². The first kappa shape index (κ1) is 25.3. The van der Waals surface area contributed by atoms with Crippen molar-refractivity contribution in [3.05, 3.63) is 78.4 Å². The predicted octanol–water partition coefficient (Wildman–Crippen LogP) is 4.94. The summed E-state index contributed by atoms with van der Waals surface area (Å²) in [5.41, 5.74) is 4.29. The molecule has 9 nitrogen and oxygen atoms in total. The Hall–Kier alpha value is -4.40. The number of aryl methyl sites for hydroxylation is 1. The molecule has 2 aromatic heterocycles. The standard InChI is InChI=1S/C29H33N7O2/c1-20(2)36-21(3)31-19-26(36)24-13-14-30-29(33-24)32-23-11-9-22(10-12-23)28(37)35-17-15-34(16-18-35)25-7-5-6-8-27(25)38-4/h5-14,19-20H,15-18H2,1-4H3,(H,30,32,33). The highest BCUT2D eigenvalue weighted by Crippen LogP contribution is 2.29. The van der Waals surface area contributed by atoms with Crippen LogP contribution in [0.2, 0.25) is 0 Å². The molecule has 0 saturated carbocycles. The van der Waals surface area contributed by atoms with E-state index in [-0.39, 0.29) is 11.9 Å². The number of benzene rings is 2. The molecule has 1 fully saturated rings. The van der Waals surface area contributed by atoms with Crippen LogP contribution in [0.4, 0.5) is 17.3 Å². The number of anilines is 3. The highest BCUT2D eigenvalue weighted by molar-refractivity contribution is 5.94. The molecule has 1 aliphatic rings. The van der Waals surface area contributed by atoms with Gasteiger partial charge in [-0.2, -0.15) is 0 Å². The first-order chi connectivity index (χ1) is 18.4. The Morgan fingerprint density at radius 3 is 2.42 bits per heavy atom.